The highest BCUT2D eigenvalue weighted by Crippen LogP contribution is 2.13. The monoisotopic (exact) mass is 265 g/mol. The van der Waals surface area contributed by atoms with Gasteiger partial charge < -0.3 is 4.74 Å². The van der Waals surface area contributed by atoms with E-state index in [1.165, 1.54) is 0 Å². The summed E-state index contributed by atoms with van der Waals surface area (Å²) in [5.41, 5.74) is 2.86. The fourth-order valence-corrected chi connectivity index (χ4v) is 1.16. The summed E-state index contributed by atoms with van der Waals surface area (Å²) in [7, 11) is 0. The van der Waals surface area contributed by atoms with Crippen LogP contribution in [0.15, 0.2) is 29.4 Å². The van der Waals surface area contributed by atoms with Crippen molar-refractivity contribution in [3.8, 4) is 6.07 Å². The predicted molar refractivity (Wildman–Crippen MR) is 69.4 cm³/mol. The minimum absolute atomic E-state index is 0.299. The Morgan fingerprint density at radius 1 is 1.44 bits per heavy atom. The smallest absolute Gasteiger partial charge is 0.370 e. The zero-order valence-electron chi connectivity index (χ0n) is 9.98. The van der Waals surface area contributed by atoms with E-state index < -0.39 is 5.97 Å². The number of nitrogens with zero attached hydrogens (tertiary/aromatic N) is 2. The van der Waals surface area contributed by atoms with E-state index in [1.807, 2.05) is 0 Å². The molecule has 0 radical (unpaired) electrons. The van der Waals surface area contributed by atoms with Gasteiger partial charge in [0.05, 0.1) is 11.8 Å². The van der Waals surface area contributed by atoms with Crippen LogP contribution in [0, 0.1) is 11.3 Å². The molecule has 0 saturated heterocycles. The lowest BCUT2D eigenvalue weighted by atomic mass is 10.3. The molecule has 0 atom stereocenters. The highest BCUT2D eigenvalue weighted by molar-refractivity contribution is 6.43. The van der Waals surface area contributed by atoms with Gasteiger partial charge in [0.25, 0.3) is 0 Å². The van der Waals surface area contributed by atoms with Crippen molar-refractivity contribution in [2.75, 3.05) is 5.43 Å². The Morgan fingerprint density at radius 2 is 2.06 bits per heavy atom. The van der Waals surface area contributed by atoms with E-state index in [-0.39, 0.29) is 11.8 Å². The van der Waals surface area contributed by atoms with E-state index in [9.17, 15) is 4.79 Å². The summed E-state index contributed by atoms with van der Waals surface area (Å²) in [6, 6.07) is 8.36. The van der Waals surface area contributed by atoms with Gasteiger partial charge in [-0.2, -0.15) is 10.4 Å². The van der Waals surface area contributed by atoms with Gasteiger partial charge in [0.1, 0.15) is 6.07 Å². The topological polar surface area (TPSA) is 74.5 Å². The number of halogens is 1. The minimum atomic E-state index is -0.756. The Hall–Kier alpha value is -2.06. The molecule has 0 unspecified atom stereocenters. The molecule has 0 fully saturated rings. The Kier molecular flexibility index (Phi) is 5.15. The fourth-order valence-electron chi connectivity index (χ4n) is 1.03. The molecule has 0 aliphatic carbocycles. The number of anilines is 1. The van der Waals surface area contributed by atoms with Gasteiger partial charge in [-0.15, -0.1) is 0 Å². The van der Waals surface area contributed by atoms with Crippen LogP contribution in [0.1, 0.15) is 13.8 Å². The van der Waals surface area contributed by atoms with Gasteiger partial charge in [-0.05, 0) is 38.1 Å². The molecule has 0 aliphatic heterocycles. The molecular formula is C12H12ClN3O2. The maximum atomic E-state index is 11.4. The molecule has 0 heterocycles. The molecule has 5 nitrogen and oxygen atoms in total. The lowest BCUT2D eigenvalue weighted by Gasteiger charge is -2.06. The minimum Gasteiger partial charge on any atom is -0.458 e. The van der Waals surface area contributed by atoms with Crippen LogP contribution in [0.2, 0.25) is 5.02 Å². The van der Waals surface area contributed by atoms with Crippen LogP contribution >= 0.6 is 11.6 Å². The Morgan fingerprint density at radius 3 is 2.56 bits per heavy atom. The summed E-state index contributed by atoms with van der Waals surface area (Å²) in [6.45, 7) is 3.39. The molecule has 1 aromatic rings. The zero-order chi connectivity index (χ0) is 13.5. The van der Waals surface area contributed by atoms with Gasteiger partial charge in [-0.3, -0.25) is 5.43 Å². The molecule has 18 heavy (non-hydrogen) atoms. The molecule has 6 heteroatoms. The van der Waals surface area contributed by atoms with Gasteiger partial charge in [0.2, 0.25) is 5.71 Å². The van der Waals surface area contributed by atoms with Crippen LogP contribution in [0.5, 0.6) is 0 Å². The number of carbonyl (C=O) groups is 1. The van der Waals surface area contributed by atoms with Gasteiger partial charge in [0, 0.05) is 5.02 Å². The summed E-state index contributed by atoms with van der Waals surface area (Å²) < 4.78 is 4.86. The first kappa shape index (κ1) is 14.0. The van der Waals surface area contributed by atoms with E-state index in [0.29, 0.717) is 10.7 Å². The van der Waals surface area contributed by atoms with Crippen molar-refractivity contribution in [1.82, 2.24) is 0 Å². The number of benzene rings is 1. The number of hydrogen-bond acceptors (Lipinski definition) is 5. The first-order valence-electron chi connectivity index (χ1n) is 5.23. The van der Waals surface area contributed by atoms with Crippen molar-refractivity contribution in [3.05, 3.63) is 29.3 Å². The van der Waals surface area contributed by atoms with Crippen LogP contribution in [0.4, 0.5) is 5.69 Å². The third-order valence-electron chi connectivity index (χ3n) is 1.78. The van der Waals surface area contributed by atoms with E-state index in [2.05, 4.69) is 10.5 Å². The maximum absolute atomic E-state index is 11.4. The lowest BCUT2D eigenvalue weighted by molar-refractivity contribution is -0.138. The maximum Gasteiger partial charge on any atom is 0.370 e. The second-order valence-electron chi connectivity index (χ2n) is 3.64. The van der Waals surface area contributed by atoms with Crippen LogP contribution in [-0.4, -0.2) is 17.8 Å². The number of nitrogens with one attached hydrogen (secondary N) is 1. The third kappa shape index (κ3) is 4.44. The Bertz CT molecular complexity index is 489. The van der Waals surface area contributed by atoms with Crippen LogP contribution in [-0.2, 0) is 9.53 Å². The van der Waals surface area contributed by atoms with Crippen molar-refractivity contribution in [3.63, 3.8) is 0 Å². The number of nitriles is 1. The number of carbonyl (C=O) groups excluding carboxylic acids is 1. The van der Waals surface area contributed by atoms with E-state index in [0.717, 1.165) is 0 Å². The molecule has 94 valence electrons. The SMILES string of the molecule is CC(C)OC(=O)/C(C#N)=N/Nc1ccc(Cl)cc1. The molecule has 0 spiro atoms. The molecule has 0 aromatic heterocycles. The highest BCUT2D eigenvalue weighted by atomic mass is 35.5. The second kappa shape index (κ2) is 6.62. The van der Waals surface area contributed by atoms with Crippen LogP contribution in [0.3, 0.4) is 0 Å². The molecule has 1 N–H and O–H groups in total. The van der Waals surface area contributed by atoms with Crippen molar-refractivity contribution in [1.29, 1.82) is 5.26 Å². The highest BCUT2D eigenvalue weighted by Gasteiger charge is 2.14. The van der Waals surface area contributed by atoms with Gasteiger partial charge in [-0.25, -0.2) is 4.79 Å². The average molecular weight is 266 g/mol. The molecule has 0 saturated carbocycles. The summed E-state index contributed by atoms with van der Waals surface area (Å²) in [5, 5.41) is 13.1. The number of esters is 1. The van der Waals surface area contributed by atoms with E-state index in [1.54, 1.807) is 44.2 Å². The van der Waals surface area contributed by atoms with Crippen LogP contribution in [0.25, 0.3) is 0 Å². The Labute approximate surface area is 110 Å². The van der Waals surface area contributed by atoms with Crippen molar-refractivity contribution < 1.29 is 9.53 Å². The number of ether oxygens (including phenoxy) is 1. The molecular weight excluding hydrogens is 254 g/mol. The normalized spacial score (nSPS) is 10.9. The molecule has 1 rings (SSSR count). The summed E-state index contributed by atoms with van der Waals surface area (Å²) in [5.74, 6) is -0.756. The molecule has 0 bridgehead atoms. The number of rotatable bonds is 4. The fraction of sp³-hybridized carbons (Fsp3) is 0.250. The molecule has 1 aromatic carbocycles. The third-order valence-corrected chi connectivity index (χ3v) is 2.03. The summed E-state index contributed by atoms with van der Waals surface area (Å²) in [4.78, 5) is 11.4. The summed E-state index contributed by atoms with van der Waals surface area (Å²) in [6.07, 6.45) is -0.299. The Balaban J connectivity index is 2.72. The van der Waals surface area contributed by atoms with Crippen molar-refractivity contribution in [2.24, 2.45) is 5.10 Å². The number of hydrazone groups is 1. The number of hydrogen-bond donors (Lipinski definition) is 1. The standard InChI is InChI=1S/C12H12ClN3O2/c1-8(2)18-12(17)11(7-14)16-15-10-5-3-9(13)4-6-10/h3-6,8,15H,1-2H3/b16-11+. The van der Waals surface area contributed by atoms with E-state index >= 15 is 0 Å². The first-order valence-corrected chi connectivity index (χ1v) is 5.61. The van der Waals surface area contributed by atoms with E-state index in [4.69, 9.17) is 21.6 Å². The zero-order valence-corrected chi connectivity index (χ0v) is 10.7. The van der Waals surface area contributed by atoms with Crippen LogP contribution < -0.4 is 5.43 Å². The van der Waals surface area contributed by atoms with Gasteiger partial charge in [0.15, 0.2) is 0 Å². The molecule has 0 aliphatic rings. The van der Waals surface area contributed by atoms with Gasteiger partial charge in [-0.1, -0.05) is 11.6 Å². The first-order chi connectivity index (χ1) is 8.52. The summed E-state index contributed by atoms with van der Waals surface area (Å²) >= 11 is 5.72. The van der Waals surface area contributed by atoms with Crippen molar-refractivity contribution in [2.45, 2.75) is 20.0 Å². The quantitative estimate of drug-likeness (QED) is 0.516. The van der Waals surface area contributed by atoms with Crippen molar-refractivity contribution >= 4 is 29.0 Å². The molecule has 0 amide bonds. The van der Waals surface area contributed by atoms with Gasteiger partial charge >= 0.3 is 5.97 Å². The second-order valence-corrected chi connectivity index (χ2v) is 4.08. The lowest BCUT2D eigenvalue weighted by Crippen LogP contribution is -2.20. The average Bonchev–Trinajstić information content (AvgIpc) is 2.31. The largest absolute Gasteiger partial charge is 0.458 e. The predicted octanol–water partition coefficient (Wildman–Crippen LogP) is 2.58.